The van der Waals surface area contributed by atoms with Gasteiger partial charge in [0.15, 0.2) is 17.8 Å². The van der Waals surface area contributed by atoms with Gasteiger partial charge in [-0.15, -0.1) is 0 Å². The molecule has 18 heteroatoms. The van der Waals surface area contributed by atoms with E-state index in [9.17, 15) is 43.5 Å². The fraction of sp³-hybridized carbons (Fsp3) is 0.458. The molecule has 2 unspecified atom stereocenters. The van der Waals surface area contributed by atoms with Crippen molar-refractivity contribution in [2.45, 2.75) is 102 Å². The predicted octanol–water partition coefficient (Wildman–Crippen LogP) is 1.81. The largest absolute Gasteiger partial charge is 0.508 e. The molecular weight excluding hydrogens is 851 g/mol. The fourth-order valence-electron chi connectivity index (χ4n) is 7.91. The van der Waals surface area contributed by atoms with Gasteiger partial charge in [-0.25, -0.2) is 0 Å². The second-order valence-corrected chi connectivity index (χ2v) is 17.0. The van der Waals surface area contributed by atoms with Crippen LogP contribution in [-0.2, 0) is 46.4 Å². The number of amides is 6. The number of aryl methyl sites for hydroxylation is 1. The van der Waals surface area contributed by atoms with E-state index in [1.54, 1.807) is 12.1 Å². The lowest BCUT2D eigenvalue weighted by atomic mass is 9.98. The molecule has 2 aliphatic rings. The van der Waals surface area contributed by atoms with Crippen molar-refractivity contribution in [1.29, 1.82) is 0 Å². The molecule has 6 amide bonds. The van der Waals surface area contributed by atoms with E-state index in [0.717, 1.165) is 5.56 Å². The van der Waals surface area contributed by atoms with Gasteiger partial charge in [-0.05, 0) is 99.9 Å². The maximum Gasteiger partial charge on any atom is 0.295 e. The van der Waals surface area contributed by atoms with Crippen LogP contribution in [0.4, 0.5) is 0 Å². The lowest BCUT2D eigenvalue weighted by Gasteiger charge is -2.36. The number of ether oxygens (including phenoxy) is 2. The lowest BCUT2D eigenvalue weighted by molar-refractivity contribution is -0.141. The molecule has 0 aliphatic carbocycles. The Labute approximate surface area is 384 Å². The molecule has 1 saturated heterocycles. The van der Waals surface area contributed by atoms with Crippen molar-refractivity contribution < 1.29 is 52.9 Å². The number of hydrogen-bond donors (Lipinski definition) is 6. The highest BCUT2D eigenvalue weighted by molar-refractivity contribution is 6.43. The SMILES string of the molecule is COc1ccc2cc1OCCNC(=O)[C@H](C)NC(=O)[C@@H](Cc1ccc(O)cc1)NC(=O)[C@@H](CC(C)C)N(C)C(C=O)NC(=O)[C@H](CCc1ccccc1)NC(=O)C1CCCCN1C(=O)C2=O. The zero-order valence-corrected chi connectivity index (χ0v) is 38.0. The normalized spacial score (nSPS) is 23.6. The fourth-order valence-corrected chi connectivity index (χ4v) is 7.91. The van der Waals surface area contributed by atoms with E-state index in [2.05, 4.69) is 26.6 Å². The predicted molar refractivity (Wildman–Crippen MR) is 242 cm³/mol. The van der Waals surface area contributed by atoms with Gasteiger partial charge < -0.3 is 46.1 Å². The van der Waals surface area contributed by atoms with Crippen LogP contribution in [0.25, 0.3) is 0 Å². The summed E-state index contributed by atoms with van der Waals surface area (Å²) in [5.74, 6) is -4.91. The first-order valence-corrected chi connectivity index (χ1v) is 22.2. The van der Waals surface area contributed by atoms with Gasteiger partial charge in [0, 0.05) is 18.5 Å². The maximum absolute atomic E-state index is 14.4. The number of nitrogens with zero attached hydrogens (tertiary/aromatic N) is 2. The summed E-state index contributed by atoms with van der Waals surface area (Å²) in [4.78, 5) is 113. The van der Waals surface area contributed by atoms with E-state index in [1.165, 1.54) is 61.2 Å². The quantitative estimate of drug-likeness (QED) is 0.133. The Morgan fingerprint density at radius 3 is 2.20 bits per heavy atom. The Morgan fingerprint density at radius 1 is 0.818 bits per heavy atom. The van der Waals surface area contributed by atoms with Crippen molar-refractivity contribution in [3.05, 3.63) is 89.5 Å². The van der Waals surface area contributed by atoms with E-state index < -0.39 is 77.6 Å². The first-order valence-electron chi connectivity index (χ1n) is 22.2. The smallest absolute Gasteiger partial charge is 0.295 e. The number of aldehydes is 1. The Morgan fingerprint density at radius 2 is 1.52 bits per heavy atom. The second-order valence-electron chi connectivity index (χ2n) is 17.0. The van der Waals surface area contributed by atoms with Crippen LogP contribution in [0.3, 0.4) is 0 Å². The standard InChI is InChI=1S/C48H61N7O11/c1-29(2)25-38-47(63)52-36(26-32-14-18-34(57)19-15-32)45(61)50-30(3)43(59)49-22-24-66-40-27-33(17-21-39(40)65-5)42(58)48(64)55-23-10-9-13-37(55)46(62)51-35(20-16-31-11-7-6-8-12-31)44(60)53-41(28-56)54(38)4/h6-8,11-12,14-15,17-19,21,27-30,35-38,41,57H,9-10,13,16,20,22-26H2,1-5H3,(H,49,59)(H,50,61)(H,51,62)(H,52,63)(H,53,60)/t30-,35-,36+,37?,38+,41?/m0/s1. The minimum Gasteiger partial charge on any atom is -0.508 e. The first-order chi connectivity index (χ1) is 31.6. The summed E-state index contributed by atoms with van der Waals surface area (Å²) in [6.07, 6.45) is 0.974. The average Bonchev–Trinajstić information content (AvgIpc) is 3.31. The Hall–Kier alpha value is -6.82. The molecule has 0 aromatic heterocycles. The number of aromatic hydroxyl groups is 1. The molecule has 18 nitrogen and oxygen atoms in total. The second kappa shape index (κ2) is 23.9. The summed E-state index contributed by atoms with van der Waals surface area (Å²) >= 11 is 0. The molecule has 1 fully saturated rings. The van der Waals surface area contributed by atoms with E-state index in [1.807, 2.05) is 44.2 Å². The molecule has 2 aliphatic heterocycles. The van der Waals surface area contributed by atoms with Crippen molar-refractivity contribution in [1.82, 2.24) is 36.4 Å². The van der Waals surface area contributed by atoms with Crippen LogP contribution < -0.4 is 36.1 Å². The van der Waals surface area contributed by atoms with Crippen molar-refractivity contribution in [3.63, 3.8) is 0 Å². The van der Waals surface area contributed by atoms with Crippen LogP contribution in [0.2, 0.25) is 0 Å². The highest BCUT2D eigenvalue weighted by Gasteiger charge is 2.39. The van der Waals surface area contributed by atoms with Gasteiger partial charge in [0.05, 0.1) is 19.7 Å². The molecule has 3 aromatic carbocycles. The molecule has 2 heterocycles. The maximum atomic E-state index is 14.4. The number of carbonyl (C=O) groups is 8. The number of hydrogen-bond acceptors (Lipinski definition) is 12. The summed E-state index contributed by atoms with van der Waals surface area (Å²) in [6.45, 7) is 5.16. The zero-order chi connectivity index (χ0) is 47.9. The van der Waals surface area contributed by atoms with Crippen molar-refractivity contribution in [2.24, 2.45) is 5.92 Å². The number of nitrogens with one attached hydrogen (secondary N) is 5. The molecule has 0 radical (unpaired) electrons. The number of likely N-dealkylation sites (N-methyl/N-ethyl adjacent to an activating group) is 1. The summed E-state index contributed by atoms with van der Waals surface area (Å²) in [5.41, 5.74) is 1.42. The number of Topliss-reactive ketones (excluding diaryl/α,β-unsaturated/α-hetero) is 1. The van der Waals surface area contributed by atoms with Gasteiger partial charge in [0.25, 0.3) is 11.7 Å². The van der Waals surface area contributed by atoms with Gasteiger partial charge in [-0.1, -0.05) is 56.3 Å². The van der Waals surface area contributed by atoms with E-state index >= 15 is 0 Å². The first kappa shape index (κ1) is 50.2. The van der Waals surface area contributed by atoms with Crippen molar-refractivity contribution >= 4 is 47.5 Å². The zero-order valence-electron chi connectivity index (χ0n) is 38.0. The molecule has 354 valence electrons. The average molecular weight is 912 g/mol. The number of piperidine rings is 1. The van der Waals surface area contributed by atoms with E-state index in [-0.39, 0.29) is 74.1 Å². The van der Waals surface area contributed by atoms with Crippen LogP contribution in [0.15, 0.2) is 72.8 Å². The summed E-state index contributed by atoms with van der Waals surface area (Å²) in [6, 6.07) is 13.8. The number of phenolic OH excluding ortho intramolecular Hbond substituents is 1. The van der Waals surface area contributed by atoms with Gasteiger partial charge in [-0.3, -0.25) is 43.3 Å². The minimum atomic E-state index is -1.39. The van der Waals surface area contributed by atoms with Crippen LogP contribution in [0, 0.1) is 5.92 Å². The third-order valence-corrected chi connectivity index (χ3v) is 11.7. The summed E-state index contributed by atoms with van der Waals surface area (Å²) in [7, 11) is 2.88. The van der Waals surface area contributed by atoms with Crippen molar-refractivity contribution in [3.8, 4) is 17.2 Å². The highest BCUT2D eigenvalue weighted by atomic mass is 16.5. The Balaban J connectivity index is 1.51. The third kappa shape index (κ3) is 13.6. The number of carbonyl (C=O) groups excluding carboxylic acids is 8. The van der Waals surface area contributed by atoms with Gasteiger partial charge in [0.1, 0.15) is 42.7 Å². The number of benzene rings is 3. The molecule has 0 spiro atoms. The number of phenols is 1. The molecule has 0 saturated carbocycles. The number of fused-ring (bicyclic) bond motifs is 3. The van der Waals surface area contributed by atoms with Crippen molar-refractivity contribution in [2.75, 3.05) is 33.9 Å². The molecule has 66 heavy (non-hydrogen) atoms. The molecular formula is C48H61N7O11. The van der Waals surface area contributed by atoms with E-state index in [4.69, 9.17) is 9.47 Å². The molecule has 5 rings (SSSR count). The number of ketones is 1. The number of rotatable bonds is 9. The lowest BCUT2D eigenvalue weighted by Crippen LogP contribution is -2.62. The number of methoxy groups -OCH3 is 1. The minimum absolute atomic E-state index is 0.00516. The van der Waals surface area contributed by atoms with Gasteiger partial charge in [-0.2, -0.15) is 0 Å². The monoisotopic (exact) mass is 911 g/mol. The van der Waals surface area contributed by atoms with Crippen LogP contribution in [0.5, 0.6) is 17.2 Å². The summed E-state index contributed by atoms with van der Waals surface area (Å²) in [5, 5.41) is 23.6. The highest BCUT2D eigenvalue weighted by Crippen LogP contribution is 2.29. The van der Waals surface area contributed by atoms with Crippen LogP contribution >= 0.6 is 0 Å². The van der Waals surface area contributed by atoms with Crippen LogP contribution in [-0.4, -0.2) is 133 Å². The molecule has 6 atom stereocenters. The van der Waals surface area contributed by atoms with Gasteiger partial charge in [0.2, 0.25) is 29.5 Å². The molecule has 6 N–H and O–H groups in total. The van der Waals surface area contributed by atoms with Gasteiger partial charge >= 0.3 is 0 Å². The Bertz CT molecular complexity index is 2200. The van der Waals surface area contributed by atoms with Crippen LogP contribution in [0.1, 0.15) is 74.4 Å². The summed E-state index contributed by atoms with van der Waals surface area (Å²) < 4.78 is 11.3. The molecule has 2 bridgehead atoms. The molecule has 3 aromatic rings. The topological polar surface area (TPSA) is 242 Å². The third-order valence-electron chi connectivity index (χ3n) is 11.7. The van der Waals surface area contributed by atoms with E-state index in [0.29, 0.717) is 31.1 Å². The Kier molecular flexibility index (Phi) is 18.2.